The van der Waals surface area contributed by atoms with E-state index < -0.39 is 25.0 Å². The summed E-state index contributed by atoms with van der Waals surface area (Å²) in [5.74, 6) is -1.17. The highest BCUT2D eigenvalue weighted by Crippen LogP contribution is 2.15. The van der Waals surface area contributed by atoms with E-state index in [4.69, 9.17) is 4.74 Å². The highest BCUT2D eigenvalue weighted by molar-refractivity contribution is 9.10. The van der Waals surface area contributed by atoms with Gasteiger partial charge in [0.2, 0.25) is 0 Å². The molecule has 130 valence electrons. The molecule has 2 rings (SSSR count). The van der Waals surface area contributed by atoms with Gasteiger partial charge in [0, 0.05) is 16.1 Å². The Kier molecular flexibility index (Phi) is 6.82. The van der Waals surface area contributed by atoms with Crippen molar-refractivity contribution >= 4 is 33.8 Å². The molecule has 0 aliphatic heterocycles. The number of carbonyl (C=O) groups is 2. The van der Waals surface area contributed by atoms with Crippen molar-refractivity contribution in [1.29, 1.82) is 0 Å². The number of benzene rings is 2. The zero-order valence-electron chi connectivity index (χ0n) is 12.8. The van der Waals surface area contributed by atoms with Crippen molar-refractivity contribution in [3.05, 3.63) is 70.2 Å². The quantitative estimate of drug-likeness (QED) is 0.383. The van der Waals surface area contributed by atoms with Crippen LogP contribution in [0.5, 0.6) is 5.75 Å². The van der Waals surface area contributed by atoms with Crippen LogP contribution in [0.1, 0.15) is 15.9 Å². The maximum atomic E-state index is 12.1. The van der Waals surface area contributed by atoms with E-state index >= 15 is 0 Å². The number of carbonyl (C=O) groups excluding carboxylic acids is 2. The molecule has 0 saturated heterocycles. The van der Waals surface area contributed by atoms with E-state index in [-0.39, 0.29) is 11.3 Å². The van der Waals surface area contributed by atoms with Crippen molar-refractivity contribution in [3.63, 3.8) is 0 Å². The fraction of sp³-hybridized carbons (Fsp3) is 0.111. The van der Waals surface area contributed by atoms with Crippen molar-refractivity contribution in [2.45, 2.75) is 6.61 Å². The molecule has 0 aromatic heterocycles. The van der Waals surface area contributed by atoms with Crippen molar-refractivity contribution in [1.82, 2.24) is 0 Å². The lowest BCUT2D eigenvalue weighted by Crippen LogP contribution is -2.12. The minimum absolute atomic E-state index is 0.0551. The first kappa shape index (κ1) is 18.8. The third-order valence-electron chi connectivity index (χ3n) is 3.01. The maximum absolute atomic E-state index is 12.1. The third-order valence-corrected chi connectivity index (χ3v) is 3.50. The summed E-state index contributed by atoms with van der Waals surface area (Å²) >= 11 is 3.32. The summed E-state index contributed by atoms with van der Waals surface area (Å²) in [6.07, 6.45) is 2.78. The molecule has 0 unspecified atom stereocenters. The molecule has 0 aliphatic rings. The Balaban J connectivity index is 1.85. The average molecular weight is 411 g/mol. The first-order valence-electron chi connectivity index (χ1n) is 7.12. The van der Waals surface area contributed by atoms with Gasteiger partial charge >= 0.3 is 12.6 Å². The number of hydrogen-bond donors (Lipinski definition) is 0. The molecule has 0 fully saturated rings. The van der Waals surface area contributed by atoms with E-state index in [0.29, 0.717) is 0 Å². The summed E-state index contributed by atoms with van der Waals surface area (Å²) in [5, 5.41) is 0. The van der Waals surface area contributed by atoms with Crippen molar-refractivity contribution in [3.8, 4) is 5.75 Å². The molecular formula is C18H13BrF2O4. The number of hydrogen-bond acceptors (Lipinski definition) is 4. The standard InChI is InChI=1S/C18H13BrF2O4/c19-14-3-1-2-12(10-14)4-9-17(23)24-11-16(22)13-5-7-15(8-6-13)25-18(20)21/h1-10,18H,11H2/b9-4+. The minimum atomic E-state index is -2.93. The highest BCUT2D eigenvalue weighted by atomic mass is 79.9. The fourth-order valence-corrected chi connectivity index (χ4v) is 2.28. The topological polar surface area (TPSA) is 52.6 Å². The molecule has 0 N–H and O–H groups in total. The molecule has 0 bridgehead atoms. The predicted molar refractivity (Wildman–Crippen MR) is 91.5 cm³/mol. The molecule has 25 heavy (non-hydrogen) atoms. The van der Waals surface area contributed by atoms with Crippen LogP contribution in [0.2, 0.25) is 0 Å². The lowest BCUT2D eigenvalue weighted by Gasteiger charge is -2.05. The van der Waals surface area contributed by atoms with Gasteiger partial charge in [-0.25, -0.2) is 4.79 Å². The van der Waals surface area contributed by atoms with Gasteiger partial charge in [0.05, 0.1) is 0 Å². The van der Waals surface area contributed by atoms with E-state index in [2.05, 4.69) is 20.7 Å². The number of halogens is 3. The lowest BCUT2D eigenvalue weighted by molar-refractivity contribution is -0.136. The predicted octanol–water partition coefficient (Wildman–Crippen LogP) is 4.49. The number of esters is 1. The summed E-state index contributed by atoms with van der Waals surface area (Å²) < 4.78 is 34.0. The number of ketones is 1. The maximum Gasteiger partial charge on any atom is 0.387 e. The minimum Gasteiger partial charge on any atom is -0.454 e. The van der Waals surface area contributed by atoms with Crippen LogP contribution in [-0.4, -0.2) is 25.0 Å². The van der Waals surface area contributed by atoms with E-state index in [1.807, 2.05) is 24.3 Å². The Hall–Kier alpha value is -2.54. The Morgan fingerprint density at radius 3 is 2.48 bits per heavy atom. The molecule has 0 saturated carbocycles. The van der Waals surface area contributed by atoms with Gasteiger partial charge in [0.1, 0.15) is 5.75 Å². The van der Waals surface area contributed by atoms with Crippen molar-refractivity contribution in [2.24, 2.45) is 0 Å². The summed E-state index contributed by atoms with van der Waals surface area (Å²) in [5.41, 5.74) is 1.03. The fourth-order valence-electron chi connectivity index (χ4n) is 1.86. The molecule has 2 aromatic carbocycles. The second-order valence-corrected chi connectivity index (χ2v) is 5.74. The molecule has 0 heterocycles. The molecule has 0 aliphatic carbocycles. The Morgan fingerprint density at radius 1 is 1.12 bits per heavy atom. The first-order valence-corrected chi connectivity index (χ1v) is 7.92. The van der Waals surface area contributed by atoms with Gasteiger partial charge in [0.15, 0.2) is 12.4 Å². The van der Waals surface area contributed by atoms with Crippen LogP contribution >= 0.6 is 15.9 Å². The van der Waals surface area contributed by atoms with E-state index in [0.717, 1.165) is 10.0 Å². The largest absolute Gasteiger partial charge is 0.454 e. The van der Waals surface area contributed by atoms with E-state index in [1.54, 1.807) is 6.08 Å². The average Bonchev–Trinajstić information content (AvgIpc) is 2.58. The highest BCUT2D eigenvalue weighted by Gasteiger charge is 2.10. The molecule has 0 radical (unpaired) electrons. The van der Waals surface area contributed by atoms with Gasteiger partial charge < -0.3 is 9.47 Å². The lowest BCUT2D eigenvalue weighted by atomic mass is 10.1. The third kappa shape index (κ3) is 6.46. The van der Waals surface area contributed by atoms with E-state index in [1.165, 1.54) is 30.3 Å². The van der Waals surface area contributed by atoms with Crippen LogP contribution in [0.3, 0.4) is 0 Å². The summed E-state index contributed by atoms with van der Waals surface area (Å²) in [6.45, 7) is -3.38. The zero-order valence-corrected chi connectivity index (χ0v) is 14.4. The zero-order chi connectivity index (χ0) is 18.2. The molecule has 4 nitrogen and oxygen atoms in total. The summed E-state index contributed by atoms with van der Waals surface area (Å²) in [4.78, 5) is 23.5. The monoisotopic (exact) mass is 410 g/mol. The molecule has 7 heteroatoms. The van der Waals surface area contributed by atoms with Crippen molar-refractivity contribution in [2.75, 3.05) is 6.61 Å². The Labute approximate surface area is 151 Å². The number of Topliss-reactive ketones (excluding diaryl/α,β-unsaturated/α-hetero) is 1. The smallest absolute Gasteiger partial charge is 0.387 e. The number of rotatable bonds is 7. The molecule has 0 amide bonds. The van der Waals surface area contributed by atoms with Crippen LogP contribution in [0, 0.1) is 0 Å². The second-order valence-electron chi connectivity index (χ2n) is 4.82. The Morgan fingerprint density at radius 2 is 1.84 bits per heavy atom. The van der Waals surface area contributed by atoms with Gasteiger partial charge in [0.25, 0.3) is 0 Å². The van der Waals surface area contributed by atoms with Gasteiger partial charge in [-0.1, -0.05) is 28.1 Å². The van der Waals surface area contributed by atoms with Gasteiger partial charge in [-0.05, 0) is 48.0 Å². The second kappa shape index (κ2) is 9.08. The van der Waals surface area contributed by atoms with E-state index in [9.17, 15) is 18.4 Å². The SMILES string of the molecule is O=C(/C=C/c1cccc(Br)c1)OCC(=O)c1ccc(OC(F)F)cc1. The van der Waals surface area contributed by atoms with Gasteiger partial charge in [-0.3, -0.25) is 4.79 Å². The normalized spacial score (nSPS) is 10.9. The van der Waals surface area contributed by atoms with Crippen molar-refractivity contribution < 1.29 is 27.8 Å². The summed E-state index contributed by atoms with van der Waals surface area (Å²) in [7, 11) is 0. The summed E-state index contributed by atoms with van der Waals surface area (Å²) in [6, 6.07) is 12.4. The first-order chi connectivity index (χ1) is 11.9. The molecule has 2 aromatic rings. The van der Waals surface area contributed by atoms with Crippen LogP contribution in [-0.2, 0) is 9.53 Å². The molecule has 0 atom stereocenters. The Bertz CT molecular complexity index is 773. The molecule has 0 spiro atoms. The van der Waals surface area contributed by atoms with Crippen LogP contribution in [0.15, 0.2) is 59.1 Å². The van der Waals surface area contributed by atoms with Crippen LogP contribution in [0.25, 0.3) is 6.08 Å². The number of ether oxygens (including phenoxy) is 2. The number of alkyl halides is 2. The van der Waals surface area contributed by atoms with Gasteiger partial charge in [-0.2, -0.15) is 8.78 Å². The van der Waals surface area contributed by atoms with Crippen LogP contribution in [0.4, 0.5) is 8.78 Å². The molecular weight excluding hydrogens is 398 g/mol. The van der Waals surface area contributed by atoms with Crippen LogP contribution < -0.4 is 4.74 Å². The van der Waals surface area contributed by atoms with Gasteiger partial charge in [-0.15, -0.1) is 0 Å².